The number of hydrogen-bond donors (Lipinski definition) is 2. The van der Waals surface area contributed by atoms with Crippen LogP contribution in [0.5, 0.6) is 0 Å². The molecule has 0 bridgehead atoms. The molecule has 1 aromatic rings. The molecule has 114 valence electrons. The van der Waals surface area contributed by atoms with Crippen LogP contribution in [0, 0.1) is 5.82 Å². The molecule has 20 heavy (non-hydrogen) atoms. The van der Waals surface area contributed by atoms with Crippen LogP contribution in [0.15, 0.2) is 23.1 Å². The third kappa shape index (κ3) is 5.16. The van der Waals surface area contributed by atoms with Gasteiger partial charge in [-0.2, -0.15) is 0 Å². The molecule has 0 spiro atoms. The predicted molar refractivity (Wildman–Crippen MR) is 75.5 cm³/mol. The van der Waals surface area contributed by atoms with Crippen molar-refractivity contribution < 1.29 is 17.5 Å². The van der Waals surface area contributed by atoms with Gasteiger partial charge in [0, 0.05) is 26.8 Å². The van der Waals surface area contributed by atoms with E-state index in [2.05, 4.69) is 10.0 Å². The molecule has 0 aliphatic heterocycles. The number of methoxy groups -OCH3 is 1. The standard InChI is InChI=1S/C13H21FN2O3S/c1-15-10-11-5-6-13(12(14)9-11)20(17,18)16-7-3-4-8-19-2/h5-6,9,15-16H,3-4,7-8,10H2,1-2H3. The Bertz CT molecular complexity index is 520. The molecule has 7 heteroatoms. The zero-order chi connectivity index (χ0) is 15.0. The third-order valence-corrected chi connectivity index (χ3v) is 4.23. The summed E-state index contributed by atoms with van der Waals surface area (Å²) in [5.41, 5.74) is 0.698. The number of halogens is 1. The molecule has 0 amide bonds. The van der Waals surface area contributed by atoms with E-state index in [1.807, 2.05) is 0 Å². The SMILES string of the molecule is CNCc1ccc(S(=O)(=O)NCCCCOC)c(F)c1. The van der Waals surface area contributed by atoms with E-state index in [1.165, 1.54) is 12.1 Å². The van der Waals surface area contributed by atoms with Crippen LogP contribution in [0.4, 0.5) is 4.39 Å². The van der Waals surface area contributed by atoms with Crippen LogP contribution in [0.1, 0.15) is 18.4 Å². The van der Waals surface area contributed by atoms with Crippen molar-refractivity contribution in [3.63, 3.8) is 0 Å². The van der Waals surface area contributed by atoms with Crippen LogP contribution in [0.3, 0.4) is 0 Å². The average Bonchev–Trinajstić information content (AvgIpc) is 2.38. The highest BCUT2D eigenvalue weighted by Crippen LogP contribution is 2.16. The first-order valence-electron chi connectivity index (χ1n) is 6.43. The molecule has 0 heterocycles. The molecule has 1 aromatic carbocycles. The summed E-state index contributed by atoms with van der Waals surface area (Å²) < 4.78 is 45.0. The van der Waals surface area contributed by atoms with E-state index in [9.17, 15) is 12.8 Å². The second kappa shape index (κ2) is 8.31. The van der Waals surface area contributed by atoms with Gasteiger partial charge in [0.25, 0.3) is 0 Å². The van der Waals surface area contributed by atoms with Crippen molar-refractivity contribution >= 4 is 10.0 Å². The number of ether oxygens (including phenoxy) is 1. The summed E-state index contributed by atoms with van der Waals surface area (Å²) in [7, 11) is -0.466. The second-order valence-electron chi connectivity index (χ2n) is 4.39. The van der Waals surface area contributed by atoms with Gasteiger partial charge in [0.2, 0.25) is 10.0 Å². The molecule has 0 aromatic heterocycles. The minimum atomic E-state index is -3.80. The summed E-state index contributed by atoms with van der Waals surface area (Å²) in [5.74, 6) is -0.734. The van der Waals surface area contributed by atoms with E-state index < -0.39 is 15.8 Å². The smallest absolute Gasteiger partial charge is 0.243 e. The maximum absolute atomic E-state index is 13.8. The van der Waals surface area contributed by atoms with Crippen LogP contribution in [0.25, 0.3) is 0 Å². The van der Waals surface area contributed by atoms with Crippen molar-refractivity contribution in [1.29, 1.82) is 0 Å². The zero-order valence-electron chi connectivity index (χ0n) is 11.8. The van der Waals surface area contributed by atoms with Crippen LogP contribution in [0.2, 0.25) is 0 Å². The van der Waals surface area contributed by atoms with Crippen molar-refractivity contribution in [3.8, 4) is 0 Å². The van der Waals surface area contributed by atoms with Crippen LogP contribution < -0.4 is 10.0 Å². The van der Waals surface area contributed by atoms with Crippen molar-refractivity contribution in [2.75, 3.05) is 27.3 Å². The van der Waals surface area contributed by atoms with Gasteiger partial charge in [0.1, 0.15) is 10.7 Å². The Morgan fingerprint density at radius 3 is 2.65 bits per heavy atom. The molecule has 0 aliphatic carbocycles. The summed E-state index contributed by atoms with van der Waals surface area (Å²) in [6, 6.07) is 4.12. The highest BCUT2D eigenvalue weighted by atomic mass is 32.2. The average molecular weight is 304 g/mol. The topological polar surface area (TPSA) is 67.4 Å². The lowest BCUT2D eigenvalue weighted by molar-refractivity contribution is 0.193. The van der Waals surface area contributed by atoms with Crippen molar-refractivity contribution in [1.82, 2.24) is 10.0 Å². The summed E-state index contributed by atoms with van der Waals surface area (Å²) in [5, 5.41) is 2.88. The highest BCUT2D eigenvalue weighted by Gasteiger charge is 2.18. The van der Waals surface area contributed by atoms with E-state index in [0.29, 0.717) is 25.1 Å². The fraction of sp³-hybridized carbons (Fsp3) is 0.538. The monoisotopic (exact) mass is 304 g/mol. The lowest BCUT2D eigenvalue weighted by Crippen LogP contribution is -2.26. The molecule has 2 N–H and O–H groups in total. The first kappa shape index (κ1) is 17.0. The minimum Gasteiger partial charge on any atom is -0.385 e. The highest BCUT2D eigenvalue weighted by molar-refractivity contribution is 7.89. The second-order valence-corrected chi connectivity index (χ2v) is 6.13. The molecule has 0 atom stereocenters. The van der Waals surface area contributed by atoms with Crippen LogP contribution in [-0.2, 0) is 21.3 Å². The van der Waals surface area contributed by atoms with E-state index >= 15 is 0 Å². The molecule has 0 aliphatic rings. The Morgan fingerprint density at radius 1 is 1.30 bits per heavy atom. The van der Waals surface area contributed by atoms with E-state index in [4.69, 9.17) is 4.74 Å². The number of unbranched alkanes of at least 4 members (excludes halogenated alkanes) is 1. The van der Waals surface area contributed by atoms with Gasteiger partial charge in [-0.1, -0.05) is 6.07 Å². The lowest BCUT2D eigenvalue weighted by Gasteiger charge is -2.09. The summed E-state index contributed by atoms with van der Waals surface area (Å²) in [6.45, 7) is 1.33. The maximum atomic E-state index is 13.8. The number of rotatable bonds is 9. The summed E-state index contributed by atoms with van der Waals surface area (Å²) in [4.78, 5) is -0.316. The van der Waals surface area contributed by atoms with Gasteiger partial charge in [-0.3, -0.25) is 0 Å². The normalized spacial score (nSPS) is 11.8. The Morgan fingerprint density at radius 2 is 2.05 bits per heavy atom. The molecular formula is C13H21FN2O3S. The van der Waals surface area contributed by atoms with E-state index in [-0.39, 0.29) is 11.4 Å². The zero-order valence-corrected chi connectivity index (χ0v) is 12.6. The Labute approximate surface area is 119 Å². The third-order valence-electron chi connectivity index (χ3n) is 2.73. The predicted octanol–water partition coefficient (Wildman–Crippen LogP) is 1.25. The molecule has 0 unspecified atom stereocenters. The van der Waals surface area contributed by atoms with Gasteiger partial charge in [0.15, 0.2) is 0 Å². The molecular weight excluding hydrogens is 283 g/mol. The summed E-state index contributed by atoms with van der Waals surface area (Å²) in [6.07, 6.45) is 1.40. The van der Waals surface area contributed by atoms with Gasteiger partial charge in [-0.05, 0) is 37.6 Å². The quantitative estimate of drug-likeness (QED) is 0.674. The fourth-order valence-corrected chi connectivity index (χ4v) is 2.86. The van der Waals surface area contributed by atoms with E-state index in [0.717, 1.165) is 6.42 Å². The molecule has 0 saturated carbocycles. The summed E-state index contributed by atoms with van der Waals surface area (Å²) >= 11 is 0. The fourth-order valence-electron chi connectivity index (χ4n) is 1.73. The number of nitrogens with one attached hydrogen (secondary N) is 2. The van der Waals surface area contributed by atoms with Crippen LogP contribution >= 0.6 is 0 Å². The first-order valence-corrected chi connectivity index (χ1v) is 7.91. The Balaban J connectivity index is 2.67. The van der Waals surface area contributed by atoms with E-state index in [1.54, 1.807) is 20.2 Å². The van der Waals surface area contributed by atoms with Gasteiger partial charge >= 0.3 is 0 Å². The maximum Gasteiger partial charge on any atom is 0.243 e. The van der Waals surface area contributed by atoms with Crippen LogP contribution in [-0.4, -0.2) is 35.7 Å². The van der Waals surface area contributed by atoms with Crippen molar-refractivity contribution in [2.24, 2.45) is 0 Å². The number of hydrogen-bond acceptors (Lipinski definition) is 4. The molecule has 0 saturated heterocycles. The van der Waals surface area contributed by atoms with Crippen molar-refractivity contribution in [3.05, 3.63) is 29.6 Å². The van der Waals surface area contributed by atoms with Crippen molar-refractivity contribution in [2.45, 2.75) is 24.3 Å². The van der Waals surface area contributed by atoms with Gasteiger partial charge in [-0.15, -0.1) is 0 Å². The van der Waals surface area contributed by atoms with Gasteiger partial charge in [0.05, 0.1) is 0 Å². The largest absolute Gasteiger partial charge is 0.385 e. The van der Waals surface area contributed by atoms with Gasteiger partial charge in [-0.25, -0.2) is 17.5 Å². The van der Waals surface area contributed by atoms with Gasteiger partial charge < -0.3 is 10.1 Å². The Hall–Kier alpha value is -1.02. The molecule has 0 fully saturated rings. The lowest BCUT2D eigenvalue weighted by atomic mass is 10.2. The number of sulfonamides is 1. The molecule has 0 radical (unpaired) electrons. The first-order chi connectivity index (χ1) is 9.51. The molecule has 1 rings (SSSR count). The minimum absolute atomic E-state index is 0.267. The Kier molecular flexibility index (Phi) is 7.08. The molecule has 5 nitrogen and oxygen atoms in total. The number of benzene rings is 1.